The number of amides is 1. The Morgan fingerprint density at radius 3 is 2.33 bits per heavy atom. The monoisotopic (exact) mass is 739 g/mol. The number of nitrogens with zero attached hydrogens (tertiary/aromatic N) is 3. The molecule has 51 heavy (non-hydrogen) atoms. The average Bonchev–Trinajstić information content (AvgIpc) is 3.10. The van der Waals surface area contributed by atoms with Gasteiger partial charge < -0.3 is 29.6 Å². The summed E-state index contributed by atoms with van der Waals surface area (Å²) in [4.78, 5) is 30.1. The lowest BCUT2D eigenvalue weighted by molar-refractivity contribution is -0.605. The molecule has 0 saturated carbocycles. The minimum atomic E-state index is -1.21. The van der Waals surface area contributed by atoms with E-state index in [-0.39, 0.29) is 52.0 Å². The number of anilines is 1. The largest absolute Gasteiger partial charge is 0.619 e. The number of methoxy groups -OCH3 is 2. The zero-order valence-electron chi connectivity index (χ0n) is 27.9. The van der Waals surface area contributed by atoms with Gasteiger partial charge in [-0.1, -0.05) is 41.4 Å². The Labute approximate surface area is 303 Å². The van der Waals surface area contributed by atoms with Crippen LogP contribution in [0.3, 0.4) is 0 Å². The van der Waals surface area contributed by atoms with Crippen molar-refractivity contribution in [3.63, 3.8) is 0 Å². The number of ether oxygens (including phenoxy) is 3. The minimum Gasteiger partial charge on any atom is -0.619 e. The Kier molecular flexibility index (Phi) is 10.8. The third-order valence-corrected chi connectivity index (χ3v) is 10.2. The fraction of sp³-hybridized carbons (Fsp3) is 0.324. The number of piperidine rings is 3. The van der Waals surface area contributed by atoms with Crippen LogP contribution >= 0.6 is 23.2 Å². The van der Waals surface area contributed by atoms with Crippen LogP contribution in [0.4, 0.5) is 14.9 Å². The van der Waals surface area contributed by atoms with E-state index in [2.05, 4.69) is 4.90 Å². The van der Waals surface area contributed by atoms with Gasteiger partial charge in [0.15, 0.2) is 23.9 Å². The van der Waals surface area contributed by atoms with Gasteiger partial charge in [0, 0.05) is 30.2 Å². The topological polar surface area (TPSA) is 136 Å². The lowest BCUT2D eigenvalue weighted by Crippen LogP contribution is -2.53. The van der Waals surface area contributed by atoms with Crippen molar-refractivity contribution in [2.75, 3.05) is 38.8 Å². The molecule has 14 heteroatoms. The van der Waals surface area contributed by atoms with Gasteiger partial charge in [0.2, 0.25) is 0 Å². The Bertz CT molecular complexity index is 1910. The highest BCUT2D eigenvalue weighted by molar-refractivity contribution is 6.35. The van der Waals surface area contributed by atoms with E-state index in [1.165, 1.54) is 31.3 Å². The first-order chi connectivity index (χ1) is 24.4. The van der Waals surface area contributed by atoms with Crippen LogP contribution < -0.4 is 19.1 Å². The number of halogens is 3. The van der Waals surface area contributed by atoms with Crippen molar-refractivity contribution in [2.45, 2.75) is 37.8 Å². The number of aromatic carboxylic acids is 1. The Hall–Kier alpha value is -4.78. The normalized spacial score (nSPS) is 18.6. The first-order valence-corrected chi connectivity index (χ1v) is 17.0. The van der Waals surface area contributed by atoms with Gasteiger partial charge in [0.1, 0.15) is 27.7 Å². The van der Waals surface area contributed by atoms with Crippen molar-refractivity contribution < 1.29 is 43.1 Å². The quantitative estimate of drug-likeness (QED) is 0.126. The SMILES string of the molecule is COc1ccc([C@H](Cc2c(Cl)c[n+]([O-])cc2Cl)c2cc(CN(C(=O)O[C@H]3CN4CCC3CC4)c3cc(O)cc(F)c3)ccc2C(=O)O)cc1OC. The number of rotatable bonds is 11. The van der Waals surface area contributed by atoms with E-state index < -0.39 is 23.8 Å². The second-order valence-corrected chi connectivity index (χ2v) is 13.5. The number of pyridine rings is 1. The number of phenolic OH excluding ortho intramolecular Hbond substituents is 1. The summed E-state index contributed by atoms with van der Waals surface area (Å²) < 4.78 is 32.1. The Morgan fingerprint density at radius 1 is 1.02 bits per heavy atom. The molecular weight excluding hydrogens is 704 g/mol. The standard InChI is InChI=1S/C37H36Cl2FN3O8/c1-49-33-6-4-23(12-34(33)50-2)28(16-30-31(38)18-42(48)19-32(30)39)29-11-21(3-5-27(29)36(45)46)17-43(25-13-24(40)14-26(44)15-25)37(47)51-35-20-41-9-7-22(35)8-10-41/h3-6,11-15,18-19,22,28,35,44H,7-10,16-17,20H2,1-2H3,(H,45,46)/t28-,35-/m0/s1. The van der Waals surface area contributed by atoms with Crippen molar-refractivity contribution in [3.8, 4) is 17.2 Å². The maximum Gasteiger partial charge on any atom is 0.414 e. The molecule has 7 rings (SSSR count). The van der Waals surface area contributed by atoms with Gasteiger partial charge in [-0.15, -0.1) is 0 Å². The third-order valence-electron chi connectivity index (χ3n) is 9.59. The van der Waals surface area contributed by atoms with Crippen LogP contribution in [-0.4, -0.2) is 67.1 Å². The van der Waals surface area contributed by atoms with Crippen molar-refractivity contribution in [2.24, 2.45) is 5.92 Å². The Morgan fingerprint density at radius 2 is 1.73 bits per heavy atom. The number of carbonyl (C=O) groups excluding carboxylic acids is 1. The van der Waals surface area contributed by atoms with Gasteiger partial charge in [-0.2, -0.15) is 4.73 Å². The van der Waals surface area contributed by atoms with E-state index >= 15 is 0 Å². The molecule has 3 saturated heterocycles. The molecule has 2 bridgehead atoms. The second-order valence-electron chi connectivity index (χ2n) is 12.7. The number of carboxylic acids is 1. The van der Waals surface area contributed by atoms with E-state index in [0.717, 1.165) is 50.5 Å². The van der Waals surface area contributed by atoms with Crippen LogP contribution in [-0.2, 0) is 17.7 Å². The first-order valence-electron chi connectivity index (χ1n) is 16.3. The predicted octanol–water partition coefficient (Wildman–Crippen LogP) is 6.80. The maximum atomic E-state index is 14.6. The molecular formula is C37H36Cl2FN3O8. The van der Waals surface area contributed by atoms with E-state index in [9.17, 15) is 29.4 Å². The van der Waals surface area contributed by atoms with E-state index in [0.29, 0.717) is 45.0 Å². The van der Waals surface area contributed by atoms with Crippen LogP contribution in [0.25, 0.3) is 0 Å². The zero-order chi connectivity index (χ0) is 36.4. The molecule has 0 unspecified atom stereocenters. The zero-order valence-corrected chi connectivity index (χ0v) is 29.4. The molecule has 0 radical (unpaired) electrons. The molecule has 0 aliphatic carbocycles. The highest BCUT2D eigenvalue weighted by atomic mass is 35.5. The van der Waals surface area contributed by atoms with Gasteiger partial charge >= 0.3 is 12.1 Å². The number of hydrogen-bond donors (Lipinski definition) is 2. The molecule has 3 aliphatic rings. The number of carbonyl (C=O) groups is 2. The lowest BCUT2D eigenvalue weighted by Gasteiger charge is -2.44. The van der Waals surface area contributed by atoms with E-state index in [1.54, 1.807) is 30.3 Å². The molecule has 2 N–H and O–H groups in total. The average molecular weight is 741 g/mol. The molecule has 268 valence electrons. The van der Waals surface area contributed by atoms with Crippen LogP contribution in [0.5, 0.6) is 17.2 Å². The smallest absolute Gasteiger partial charge is 0.414 e. The molecule has 1 aromatic heterocycles. The molecule has 4 heterocycles. The van der Waals surface area contributed by atoms with Crippen molar-refractivity contribution >= 4 is 41.0 Å². The van der Waals surface area contributed by atoms with Crippen molar-refractivity contribution in [1.29, 1.82) is 0 Å². The summed E-state index contributed by atoms with van der Waals surface area (Å²) in [6, 6.07) is 13.1. The van der Waals surface area contributed by atoms with Crippen LogP contribution in [0.2, 0.25) is 10.0 Å². The summed E-state index contributed by atoms with van der Waals surface area (Å²) in [7, 11) is 2.97. The first kappa shape index (κ1) is 36.0. The number of benzene rings is 3. The number of aromatic hydroxyl groups is 1. The fourth-order valence-electron chi connectivity index (χ4n) is 7.00. The maximum absolute atomic E-state index is 14.6. The van der Waals surface area contributed by atoms with E-state index in [4.69, 9.17) is 37.4 Å². The summed E-state index contributed by atoms with van der Waals surface area (Å²) in [5.41, 5.74) is 1.87. The highest BCUT2D eigenvalue weighted by Gasteiger charge is 2.38. The van der Waals surface area contributed by atoms with Gasteiger partial charge in [-0.05, 0) is 79.2 Å². The number of hydrogen-bond acceptors (Lipinski definition) is 8. The van der Waals surface area contributed by atoms with Crippen LogP contribution in [0.1, 0.15) is 51.4 Å². The second kappa shape index (κ2) is 15.2. The number of fused-ring (bicyclic) bond motifs is 3. The minimum absolute atomic E-state index is 0.0367. The predicted molar refractivity (Wildman–Crippen MR) is 188 cm³/mol. The molecule has 3 aliphatic heterocycles. The number of phenols is 1. The number of aromatic nitrogens is 1. The summed E-state index contributed by atoms with van der Waals surface area (Å²) in [6.07, 6.45) is 3.12. The van der Waals surface area contributed by atoms with Gasteiger partial charge in [0.05, 0.1) is 32.0 Å². The van der Waals surface area contributed by atoms with E-state index in [1.807, 2.05) is 0 Å². The molecule has 3 fully saturated rings. The summed E-state index contributed by atoms with van der Waals surface area (Å²) >= 11 is 13.0. The fourth-order valence-corrected chi connectivity index (χ4v) is 7.60. The van der Waals surface area contributed by atoms with Gasteiger partial charge in [-0.25, -0.2) is 14.0 Å². The molecule has 0 spiro atoms. The highest BCUT2D eigenvalue weighted by Crippen LogP contribution is 2.40. The molecule has 4 aromatic rings. The summed E-state index contributed by atoms with van der Waals surface area (Å²) in [6.45, 7) is 2.32. The molecule has 3 aromatic carbocycles. The lowest BCUT2D eigenvalue weighted by atomic mass is 9.82. The molecule has 2 atom stereocenters. The van der Waals surface area contributed by atoms with Gasteiger partial charge in [0.25, 0.3) is 0 Å². The van der Waals surface area contributed by atoms with Crippen LogP contribution in [0, 0.1) is 16.9 Å². The Balaban J connectivity index is 1.44. The molecule has 11 nitrogen and oxygen atoms in total. The number of carboxylic acid groups (broad SMARTS) is 1. The van der Waals surface area contributed by atoms with Crippen molar-refractivity contribution in [3.05, 3.63) is 116 Å². The van der Waals surface area contributed by atoms with Crippen LogP contribution in [0.15, 0.2) is 67.0 Å². The van der Waals surface area contributed by atoms with Gasteiger partial charge in [-0.3, -0.25) is 9.80 Å². The summed E-state index contributed by atoms with van der Waals surface area (Å²) in [5, 5.41) is 32.9. The molecule has 1 amide bonds. The summed E-state index contributed by atoms with van der Waals surface area (Å²) in [5.74, 6) is -2.02. The third kappa shape index (κ3) is 7.93. The van der Waals surface area contributed by atoms with Crippen molar-refractivity contribution in [1.82, 2.24) is 4.90 Å².